The molecule has 0 aliphatic carbocycles. The molecule has 0 spiro atoms. The highest BCUT2D eigenvalue weighted by atomic mass is 16.5. The molecule has 2 rings (SSSR count). The summed E-state index contributed by atoms with van der Waals surface area (Å²) in [7, 11) is 0. The summed E-state index contributed by atoms with van der Waals surface area (Å²) in [6.45, 7) is 14.1. The molecule has 1 aliphatic rings. The first-order valence-electron chi connectivity index (χ1n) is 9.58. The summed E-state index contributed by atoms with van der Waals surface area (Å²) in [4.78, 5) is 7.22. The summed E-state index contributed by atoms with van der Waals surface area (Å²) in [5.74, 6) is 1.34. The summed E-state index contributed by atoms with van der Waals surface area (Å²) in [6, 6.07) is 8.76. The molecule has 1 atom stereocenters. The number of hydrogen-bond donors (Lipinski definition) is 2. The van der Waals surface area contributed by atoms with E-state index in [1.54, 1.807) is 0 Å². The van der Waals surface area contributed by atoms with Crippen LogP contribution < -0.4 is 10.6 Å². The van der Waals surface area contributed by atoms with Crippen LogP contribution in [0.4, 0.5) is 0 Å². The predicted molar refractivity (Wildman–Crippen MR) is 105 cm³/mol. The molecule has 1 aromatic carbocycles. The third-order valence-electron chi connectivity index (χ3n) is 4.56. The fraction of sp³-hybridized carbons (Fsp3) is 0.650. The second-order valence-electron chi connectivity index (χ2n) is 6.77. The highest BCUT2D eigenvalue weighted by molar-refractivity contribution is 5.79. The van der Waals surface area contributed by atoms with Gasteiger partial charge in [0.1, 0.15) is 0 Å². The number of nitrogens with zero attached hydrogens (tertiary/aromatic N) is 2. The zero-order valence-electron chi connectivity index (χ0n) is 16.1. The summed E-state index contributed by atoms with van der Waals surface area (Å²) >= 11 is 0. The van der Waals surface area contributed by atoms with Gasteiger partial charge in [-0.1, -0.05) is 36.8 Å². The van der Waals surface area contributed by atoms with Crippen LogP contribution in [0.15, 0.2) is 29.3 Å². The lowest BCUT2D eigenvalue weighted by Gasteiger charge is -2.26. The van der Waals surface area contributed by atoms with Crippen LogP contribution in [0.1, 0.15) is 37.3 Å². The van der Waals surface area contributed by atoms with Gasteiger partial charge in [-0.2, -0.15) is 0 Å². The monoisotopic (exact) mass is 346 g/mol. The zero-order chi connectivity index (χ0) is 17.9. The molecule has 0 amide bonds. The van der Waals surface area contributed by atoms with Gasteiger partial charge in [-0.15, -0.1) is 0 Å². The van der Waals surface area contributed by atoms with Crippen LogP contribution in [0, 0.1) is 6.92 Å². The normalized spacial score (nSPS) is 17.3. The van der Waals surface area contributed by atoms with Crippen LogP contribution in [0.25, 0.3) is 0 Å². The van der Waals surface area contributed by atoms with Crippen LogP contribution in [0.5, 0.6) is 0 Å². The summed E-state index contributed by atoms with van der Waals surface area (Å²) in [6.07, 6.45) is 1.12. The molecule has 1 fully saturated rings. The highest BCUT2D eigenvalue weighted by Crippen LogP contribution is 2.15. The van der Waals surface area contributed by atoms with E-state index in [4.69, 9.17) is 9.73 Å². The molecule has 1 aliphatic heterocycles. The standard InChI is InChI=1S/C20H34N4O/c1-4-21-20(22-10-5-11-24-12-14-25-15-13-24)23-16-18(3)19-8-6-17(2)7-9-19/h6-9,18H,4-5,10-16H2,1-3H3,(H2,21,22,23). The van der Waals surface area contributed by atoms with E-state index in [-0.39, 0.29) is 0 Å². The highest BCUT2D eigenvalue weighted by Gasteiger charge is 2.09. The Labute approximate surface area is 152 Å². The molecule has 25 heavy (non-hydrogen) atoms. The predicted octanol–water partition coefficient (Wildman–Crippen LogP) is 2.38. The van der Waals surface area contributed by atoms with Crippen LogP contribution in [-0.2, 0) is 4.74 Å². The molecule has 5 heteroatoms. The molecule has 5 nitrogen and oxygen atoms in total. The topological polar surface area (TPSA) is 48.9 Å². The molecule has 1 unspecified atom stereocenters. The van der Waals surface area contributed by atoms with Crippen LogP contribution >= 0.6 is 0 Å². The van der Waals surface area contributed by atoms with E-state index < -0.39 is 0 Å². The van der Waals surface area contributed by atoms with Gasteiger partial charge in [0.15, 0.2) is 5.96 Å². The SMILES string of the molecule is CCNC(=NCC(C)c1ccc(C)cc1)NCCCN1CCOCC1. The van der Waals surface area contributed by atoms with Gasteiger partial charge in [0, 0.05) is 38.6 Å². The third kappa shape index (κ3) is 7.45. The molecular formula is C20H34N4O. The Morgan fingerprint density at radius 3 is 2.60 bits per heavy atom. The van der Waals surface area contributed by atoms with E-state index in [9.17, 15) is 0 Å². The first kappa shape index (κ1) is 19.7. The Hall–Kier alpha value is -1.59. The molecule has 140 valence electrons. The van der Waals surface area contributed by atoms with Gasteiger partial charge in [-0.25, -0.2) is 0 Å². The fourth-order valence-corrected chi connectivity index (χ4v) is 2.90. The number of nitrogens with one attached hydrogen (secondary N) is 2. The molecule has 0 aromatic heterocycles. The quantitative estimate of drug-likeness (QED) is 0.431. The summed E-state index contributed by atoms with van der Waals surface area (Å²) in [5.41, 5.74) is 2.65. The van der Waals surface area contributed by atoms with Gasteiger partial charge in [0.05, 0.1) is 13.2 Å². The summed E-state index contributed by atoms with van der Waals surface area (Å²) in [5, 5.41) is 6.80. The number of aryl methyl sites for hydroxylation is 1. The first-order valence-corrected chi connectivity index (χ1v) is 9.58. The Morgan fingerprint density at radius 2 is 1.92 bits per heavy atom. The number of aliphatic imine (C=N–C) groups is 1. The molecule has 1 heterocycles. The molecule has 0 bridgehead atoms. The zero-order valence-corrected chi connectivity index (χ0v) is 16.1. The largest absolute Gasteiger partial charge is 0.379 e. The Morgan fingerprint density at radius 1 is 1.20 bits per heavy atom. The maximum Gasteiger partial charge on any atom is 0.191 e. The number of hydrogen-bond acceptors (Lipinski definition) is 3. The van der Waals surface area contributed by atoms with E-state index in [0.29, 0.717) is 5.92 Å². The molecule has 2 N–H and O–H groups in total. The van der Waals surface area contributed by atoms with Crippen molar-refractivity contribution in [2.45, 2.75) is 33.1 Å². The maximum atomic E-state index is 5.39. The number of morpholine rings is 1. The lowest BCUT2D eigenvalue weighted by molar-refractivity contribution is 0.0376. The average molecular weight is 347 g/mol. The number of ether oxygens (including phenoxy) is 1. The molecular weight excluding hydrogens is 312 g/mol. The lowest BCUT2D eigenvalue weighted by Crippen LogP contribution is -2.40. The average Bonchev–Trinajstić information content (AvgIpc) is 2.64. The van der Waals surface area contributed by atoms with E-state index in [2.05, 4.69) is 60.6 Å². The van der Waals surface area contributed by atoms with E-state index in [0.717, 1.165) is 64.9 Å². The molecule has 1 aromatic rings. The van der Waals surface area contributed by atoms with Crippen molar-refractivity contribution in [2.24, 2.45) is 4.99 Å². The lowest BCUT2D eigenvalue weighted by atomic mass is 10.0. The van der Waals surface area contributed by atoms with Gasteiger partial charge in [-0.3, -0.25) is 9.89 Å². The van der Waals surface area contributed by atoms with Crippen LogP contribution in [-0.4, -0.2) is 63.3 Å². The van der Waals surface area contributed by atoms with Crippen molar-refractivity contribution in [1.82, 2.24) is 15.5 Å². The summed E-state index contributed by atoms with van der Waals surface area (Å²) < 4.78 is 5.39. The minimum atomic E-state index is 0.421. The minimum Gasteiger partial charge on any atom is -0.379 e. The van der Waals surface area contributed by atoms with Crippen LogP contribution in [0.2, 0.25) is 0 Å². The first-order chi connectivity index (χ1) is 12.2. The van der Waals surface area contributed by atoms with Gasteiger partial charge in [0.2, 0.25) is 0 Å². The Balaban J connectivity index is 1.74. The van der Waals surface area contributed by atoms with Crippen molar-refractivity contribution in [3.05, 3.63) is 35.4 Å². The van der Waals surface area contributed by atoms with E-state index in [1.165, 1.54) is 11.1 Å². The van der Waals surface area contributed by atoms with Crippen molar-refractivity contribution in [3.63, 3.8) is 0 Å². The third-order valence-corrected chi connectivity index (χ3v) is 4.56. The molecule has 1 saturated heterocycles. The smallest absolute Gasteiger partial charge is 0.191 e. The Bertz CT molecular complexity index is 509. The second-order valence-corrected chi connectivity index (χ2v) is 6.77. The second kappa shape index (κ2) is 11.1. The van der Waals surface area contributed by atoms with Crippen molar-refractivity contribution in [3.8, 4) is 0 Å². The molecule has 0 saturated carbocycles. The number of rotatable bonds is 8. The van der Waals surface area contributed by atoms with Crippen molar-refractivity contribution in [1.29, 1.82) is 0 Å². The van der Waals surface area contributed by atoms with E-state index >= 15 is 0 Å². The number of benzene rings is 1. The van der Waals surface area contributed by atoms with Gasteiger partial charge < -0.3 is 15.4 Å². The van der Waals surface area contributed by atoms with Crippen LogP contribution in [0.3, 0.4) is 0 Å². The minimum absolute atomic E-state index is 0.421. The van der Waals surface area contributed by atoms with Gasteiger partial charge >= 0.3 is 0 Å². The van der Waals surface area contributed by atoms with Crippen molar-refractivity contribution >= 4 is 5.96 Å². The maximum absolute atomic E-state index is 5.39. The van der Waals surface area contributed by atoms with Gasteiger partial charge in [0.25, 0.3) is 0 Å². The molecule has 0 radical (unpaired) electrons. The number of guanidine groups is 1. The van der Waals surface area contributed by atoms with Crippen molar-refractivity contribution < 1.29 is 4.74 Å². The van der Waals surface area contributed by atoms with Crippen molar-refractivity contribution in [2.75, 3.05) is 52.5 Å². The fourth-order valence-electron chi connectivity index (χ4n) is 2.90. The Kier molecular flexibility index (Phi) is 8.77. The van der Waals surface area contributed by atoms with Gasteiger partial charge in [-0.05, 0) is 32.4 Å². The van der Waals surface area contributed by atoms with E-state index in [1.807, 2.05) is 0 Å².